The third-order valence-electron chi connectivity index (χ3n) is 5.72. The van der Waals surface area contributed by atoms with Gasteiger partial charge in [0.15, 0.2) is 18.1 Å². The maximum Gasteiger partial charge on any atom is 0.339 e. The Hall–Kier alpha value is -4.40. The number of methoxy groups -OCH3 is 2. The van der Waals surface area contributed by atoms with Gasteiger partial charge in [0, 0.05) is 5.39 Å². The molecule has 0 fully saturated rings. The molecule has 1 aromatic heterocycles. The summed E-state index contributed by atoms with van der Waals surface area (Å²) in [4.78, 5) is 40.7. The average Bonchev–Trinajstić information content (AvgIpc) is 2.85. The van der Waals surface area contributed by atoms with E-state index < -0.39 is 24.5 Å². The van der Waals surface area contributed by atoms with Crippen LogP contribution in [0, 0.1) is 0 Å². The van der Waals surface area contributed by atoms with Crippen LogP contribution in [-0.4, -0.2) is 43.7 Å². The van der Waals surface area contributed by atoms with Crippen LogP contribution in [-0.2, 0) is 16.0 Å². The lowest BCUT2D eigenvalue weighted by molar-refractivity contribution is -0.123. The lowest BCUT2D eigenvalue weighted by Gasteiger charge is -2.22. The Morgan fingerprint density at radius 3 is 2.57 bits per heavy atom. The van der Waals surface area contributed by atoms with E-state index in [0.717, 1.165) is 35.2 Å². The van der Waals surface area contributed by atoms with Crippen LogP contribution in [0.2, 0.25) is 0 Å². The van der Waals surface area contributed by atoms with Crippen molar-refractivity contribution in [2.45, 2.75) is 19.3 Å². The van der Waals surface area contributed by atoms with Crippen molar-refractivity contribution in [1.82, 2.24) is 10.3 Å². The summed E-state index contributed by atoms with van der Waals surface area (Å²) in [6.45, 7) is -0.623. The molecule has 35 heavy (non-hydrogen) atoms. The molecule has 0 spiro atoms. The number of fused-ring (bicyclic) bond motifs is 2. The van der Waals surface area contributed by atoms with Crippen molar-refractivity contribution in [3.8, 4) is 11.5 Å². The molecular weight excluding hydrogens is 450 g/mol. The molecule has 1 aliphatic carbocycles. The Morgan fingerprint density at radius 1 is 1.06 bits per heavy atom. The van der Waals surface area contributed by atoms with Crippen LogP contribution in [0.1, 0.15) is 40.0 Å². The number of primary amides is 1. The number of nitrogens with two attached hydrogens (primary N) is 1. The van der Waals surface area contributed by atoms with Gasteiger partial charge in [0.2, 0.25) is 0 Å². The van der Waals surface area contributed by atoms with Gasteiger partial charge in [-0.1, -0.05) is 24.3 Å². The molecule has 9 heteroatoms. The average molecular weight is 476 g/mol. The van der Waals surface area contributed by atoms with Gasteiger partial charge in [-0.15, -0.1) is 0 Å². The minimum Gasteiger partial charge on any atom is -0.493 e. The topological polar surface area (TPSA) is 130 Å². The molecule has 180 valence electrons. The zero-order chi connectivity index (χ0) is 24.9. The van der Waals surface area contributed by atoms with Crippen molar-refractivity contribution < 1.29 is 28.6 Å². The molecule has 0 saturated carbocycles. The number of urea groups is 1. The molecule has 0 aliphatic heterocycles. The van der Waals surface area contributed by atoms with Crippen LogP contribution in [0.5, 0.6) is 11.5 Å². The zero-order valence-electron chi connectivity index (χ0n) is 19.4. The number of ether oxygens (including phenoxy) is 3. The largest absolute Gasteiger partial charge is 0.493 e. The quantitative estimate of drug-likeness (QED) is 0.522. The number of para-hydroxylation sites is 1. The van der Waals surface area contributed by atoms with Gasteiger partial charge in [0.25, 0.3) is 5.91 Å². The molecule has 0 atom stereocenters. The van der Waals surface area contributed by atoms with Gasteiger partial charge in [-0.3, -0.25) is 10.1 Å². The lowest BCUT2D eigenvalue weighted by Crippen LogP contribution is -2.37. The van der Waals surface area contributed by atoms with E-state index in [-0.39, 0.29) is 0 Å². The summed E-state index contributed by atoms with van der Waals surface area (Å²) in [5, 5.41) is 2.52. The van der Waals surface area contributed by atoms with Crippen LogP contribution in [0.15, 0.2) is 42.5 Å². The molecule has 4 rings (SSSR count). The highest BCUT2D eigenvalue weighted by atomic mass is 16.5. The van der Waals surface area contributed by atoms with Crippen molar-refractivity contribution in [1.29, 1.82) is 0 Å². The van der Waals surface area contributed by atoms with E-state index in [1.807, 2.05) is 47.8 Å². The summed E-state index contributed by atoms with van der Waals surface area (Å²) in [7, 11) is 3.17. The normalized spacial score (nSPS) is 13.7. The highest BCUT2D eigenvalue weighted by Gasteiger charge is 2.26. The van der Waals surface area contributed by atoms with Crippen molar-refractivity contribution >= 4 is 40.5 Å². The molecule has 0 bridgehead atoms. The summed E-state index contributed by atoms with van der Waals surface area (Å²) in [5.74, 6) is -0.213. The standard InChI is InChI=1S/C26H25N3O6/c1-33-20-11-10-15(13-21(20)34-2)12-16-6-5-8-18-23(25(31)35-14-22(30)29-26(27)32)17-7-3-4-9-19(17)28-24(16)18/h3-4,7,9-13H,5-6,8,14H2,1-2H3,(H3,27,29,30,32)/b16-12-. The van der Waals surface area contributed by atoms with Gasteiger partial charge in [-0.25, -0.2) is 14.6 Å². The number of nitrogens with zero attached hydrogens (tertiary/aromatic N) is 1. The lowest BCUT2D eigenvalue weighted by atomic mass is 9.86. The van der Waals surface area contributed by atoms with Crippen LogP contribution in [0.3, 0.4) is 0 Å². The number of rotatable bonds is 6. The number of hydrogen-bond acceptors (Lipinski definition) is 7. The number of imide groups is 1. The molecule has 3 amide bonds. The van der Waals surface area contributed by atoms with E-state index in [1.54, 1.807) is 20.3 Å². The molecule has 0 unspecified atom stereocenters. The summed E-state index contributed by atoms with van der Waals surface area (Å²) in [6, 6.07) is 11.9. The van der Waals surface area contributed by atoms with E-state index in [0.29, 0.717) is 34.4 Å². The van der Waals surface area contributed by atoms with Crippen LogP contribution in [0.25, 0.3) is 22.6 Å². The van der Waals surface area contributed by atoms with Gasteiger partial charge >= 0.3 is 12.0 Å². The van der Waals surface area contributed by atoms with Crippen molar-refractivity contribution in [2.24, 2.45) is 5.73 Å². The highest BCUT2D eigenvalue weighted by molar-refractivity contribution is 6.07. The summed E-state index contributed by atoms with van der Waals surface area (Å²) in [5.41, 5.74) is 9.33. The Labute approximate surface area is 201 Å². The van der Waals surface area contributed by atoms with Gasteiger partial charge in [-0.05, 0) is 60.2 Å². The van der Waals surface area contributed by atoms with Crippen molar-refractivity contribution in [3.63, 3.8) is 0 Å². The molecule has 3 aromatic rings. The fourth-order valence-corrected chi connectivity index (χ4v) is 4.23. The number of benzene rings is 2. The van der Waals surface area contributed by atoms with E-state index in [9.17, 15) is 14.4 Å². The number of esters is 1. The Balaban J connectivity index is 1.77. The third-order valence-corrected chi connectivity index (χ3v) is 5.72. The SMILES string of the molecule is COc1ccc(/C=C2/CCCc3c2nc2ccccc2c3C(=O)OCC(=O)NC(N)=O)cc1OC. The first-order valence-electron chi connectivity index (χ1n) is 11.0. The zero-order valence-corrected chi connectivity index (χ0v) is 19.4. The maximum atomic E-state index is 13.1. The molecule has 1 heterocycles. The monoisotopic (exact) mass is 475 g/mol. The van der Waals surface area contributed by atoms with Crippen molar-refractivity contribution in [3.05, 3.63) is 64.8 Å². The molecule has 1 aliphatic rings. The van der Waals surface area contributed by atoms with Gasteiger partial charge in [0.05, 0.1) is 31.0 Å². The summed E-state index contributed by atoms with van der Waals surface area (Å²) < 4.78 is 16.0. The number of pyridine rings is 1. The first-order chi connectivity index (χ1) is 16.9. The van der Waals surface area contributed by atoms with Crippen molar-refractivity contribution in [2.75, 3.05) is 20.8 Å². The molecule has 0 radical (unpaired) electrons. The predicted molar refractivity (Wildman–Crippen MR) is 130 cm³/mol. The maximum absolute atomic E-state index is 13.1. The molecule has 0 saturated heterocycles. The second-order valence-electron chi connectivity index (χ2n) is 7.96. The Kier molecular flexibility index (Phi) is 6.96. The number of nitrogens with one attached hydrogen (secondary N) is 1. The number of carbonyl (C=O) groups is 3. The molecule has 9 nitrogen and oxygen atoms in total. The minimum absolute atomic E-state index is 0.371. The Bertz CT molecular complexity index is 1350. The number of carbonyl (C=O) groups excluding carboxylic acids is 3. The second-order valence-corrected chi connectivity index (χ2v) is 7.96. The number of amides is 3. The fraction of sp³-hybridized carbons (Fsp3) is 0.231. The van der Waals surface area contributed by atoms with E-state index in [4.69, 9.17) is 24.9 Å². The predicted octanol–water partition coefficient (Wildman–Crippen LogP) is 3.48. The first-order valence-corrected chi connectivity index (χ1v) is 11.0. The Morgan fingerprint density at radius 2 is 1.83 bits per heavy atom. The molecule has 3 N–H and O–H groups in total. The number of hydrogen-bond donors (Lipinski definition) is 2. The first kappa shape index (κ1) is 23.7. The second kappa shape index (κ2) is 10.3. The van der Waals surface area contributed by atoms with Gasteiger partial charge < -0.3 is 19.9 Å². The fourth-order valence-electron chi connectivity index (χ4n) is 4.23. The molecular formula is C26H25N3O6. The van der Waals surface area contributed by atoms with Gasteiger partial charge in [-0.2, -0.15) is 0 Å². The van der Waals surface area contributed by atoms with Crippen LogP contribution in [0.4, 0.5) is 4.79 Å². The molecule has 2 aromatic carbocycles. The third kappa shape index (κ3) is 5.08. The number of aromatic nitrogens is 1. The van der Waals surface area contributed by atoms with Crippen LogP contribution >= 0.6 is 0 Å². The smallest absolute Gasteiger partial charge is 0.339 e. The van der Waals surface area contributed by atoms with E-state index in [2.05, 4.69) is 0 Å². The van der Waals surface area contributed by atoms with E-state index >= 15 is 0 Å². The summed E-state index contributed by atoms with van der Waals surface area (Å²) in [6.07, 6.45) is 4.25. The van der Waals surface area contributed by atoms with Crippen LogP contribution < -0.4 is 20.5 Å². The summed E-state index contributed by atoms with van der Waals surface area (Å²) >= 11 is 0. The van der Waals surface area contributed by atoms with Gasteiger partial charge in [0.1, 0.15) is 0 Å². The number of allylic oxidation sites excluding steroid dienone is 1. The minimum atomic E-state index is -1.01. The van der Waals surface area contributed by atoms with E-state index in [1.165, 1.54) is 0 Å². The highest BCUT2D eigenvalue weighted by Crippen LogP contribution is 2.37.